The van der Waals surface area contributed by atoms with E-state index in [4.69, 9.17) is 0 Å². The molecule has 0 saturated carbocycles. The number of hydrogen-bond acceptors (Lipinski definition) is 2. The third-order valence-corrected chi connectivity index (χ3v) is 5.00. The number of nitrogens with one attached hydrogen (secondary N) is 1. The van der Waals surface area contributed by atoms with Crippen LogP contribution in [0, 0.1) is 5.92 Å². The first-order valence-corrected chi connectivity index (χ1v) is 9.28. The van der Waals surface area contributed by atoms with Crippen molar-refractivity contribution in [3.8, 4) is 0 Å². The van der Waals surface area contributed by atoms with Crippen LogP contribution in [0.3, 0.4) is 0 Å². The van der Waals surface area contributed by atoms with Crippen molar-refractivity contribution in [3.63, 3.8) is 0 Å². The van der Waals surface area contributed by atoms with Crippen LogP contribution >= 0.6 is 0 Å². The van der Waals surface area contributed by atoms with Crippen molar-refractivity contribution in [1.29, 1.82) is 0 Å². The van der Waals surface area contributed by atoms with Crippen LogP contribution in [0.4, 0.5) is 11.4 Å². The number of benzene rings is 2. The lowest BCUT2D eigenvalue weighted by Gasteiger charge is -2.20. The third kappa shape index (κ3) is 3.79. The maximum atomic E-state index is 12.6. The van der Waals surface area contributed by atoms with Crippen molar-refractivity contribution in [2.24, 2.45) is 5.92 Å². The maximum absolute atomic E-state index is 12.6. The average Bonchev–Trinajstić information content (AvgIpc) is 3.04. The van der Waals surface area contributed by atoms with Gasteiger partial charge in [-0.2, -0.15) is 0 Å². The Morgan fingerprint density at radius 1 is 1.15 bits per heavy atom. The predicted octanol–water partition coefficient (Wildman–Crippen LogP) is 4.36. The van der Waals surface area contributed by atoms with Crippen LogP contribution in [0.25, 0.3) is 0 Å². The summed E-state index contributed by atoms with van der Waals surface area (Å²) in [7, 11) is 0. The van der Waals surface area contributed by atoms with Gasteiger partial charge in [0.2, 0.25) is 11.8 Å². The molecule has 3 rings (SSSR count). The summed E-state index contributed by atoms with van der Waals surface area (Å²) in [5, 5.41) is 2.95. The Balaban J connectivity index is 1.69. The summed E-state index contributed by atoms with van der Waals surface area (Å²) in [4.78, 5) is 26.9. The number of hydrogen-bond donors (Lipinski definition) is 1. The molecule has 0 aromatic heterocycles. The minimum absolute atomic E-state index is 0.0150. The van der Waals surface area contributed by atoms with Gasteiger partial charge in [-0.3, -0.25) is 9.59 Å². The Hall–Kier alpha value is -2.62. The molecule has 0 spiro atoms. The van der Waals surface area contributed by atoms with Crippen LogP contribution in [0.2, 0.25) is 0 Å². The molecule has 26 heavy (non-hydrogen) atoms. The molecule has 2 amide bonds. The molecule has 1 saturated heterocycles. The average molecular weight is 350 g/mol. The standard InChI is InChI=1S/C22H26N2O2/c1-4-16-7-5-6-8-20(16)24-14-18(13-21(24)25)22(26)23-19-11-9-17(10-12-19)15(2)3/h5-12,15,18H,4,13-14H2,1-3H3,(H,23,26). The lowest BCUT2D eigenvalue weighted by Crippen LogP contribution is -2.28. The normalized spacial score (nSPS) is 17.0. The van der Waals surface area contributed by atoms with E-state index in [1.165, 1.54) is 5.56 Å². The Bertz CT molecular complexity index is 796. The highest BCUT2D eigenvalue weighted by Crippen LogP contribution is 2.29. The number of carbonyl (C=O) groups is 2. The quantitative estimate of drug-likeness (QED) is 0.871. The minimum atomic E-state index is -0.322. The van der Waals surface area contributed by atoms with Gasteiger partial charge in [0, 0.05) is 24.3 Å². The van der Waals surface area contributed by atoms with Gasteiger partial charge >= 0.3 is 0 Å². The fourth-order valence-corrected chi connectivity index (χ4v) is 3.38. The van der Waals surface area contributed by atoms with Crippen molar-refractivity contribution in [2.75, 3.05) is 16.8 Å². The monoisotopic (exact) mass is 350 g/mol. The van der Waals surface area contributed by atoms with Gasteiger partial charge in [0.15, 0.2) is 0 Å². The number of anilines is 2. The van der Waals surface area contributed by atoms with E-state index in [1.807, 2.05) is 48.5 Å². The van der Waals surface area contributed by atoms with Gasteiger partial charge in [-0.25, -0.2) is 0 Å². The highest BCUT2D eigenvalue weighted by molar-refractivity contribution is 6.03. The van der Waals surface area contributed by atoms with E-state index < -0.39 is 0 Å². The van der Waals surface area contributed by atoms with E-state index in [0.717, 1.165) is 23.4 Å². The minimum Gasteiger partial charge on any atom is -0.326 e. The molecular formula is C22H26N2O2. The van der Waals surface area contributed by atoms with Gasteiger partial charge in [0.25, 0.3) is 0 Å². The molecule has 2 aromatic carbocycles. The summed E-state index contributed by atoms with van der Waals surface area (Å²) in [6.45, 7) is 6.79. The van der Waals surface area contributed by atoms with E-state index in [2.05, 4.69) is 26.1 Å². The Morgan fingerprint density at radius 3 is 2.50 bits per heavy atom. The summed E-state index contributed by atoms with van der Waals surface area (Å²) in [6, 6.07) is 15.8. The maximum Gasteiger partial charge on any atom is 0.229 e. The van der Waals surface area contributed by atoms with E-state index in [1.54, 1.807) is 4.90 Å². The second kappa shape index (κ2) is 7.73. The van der Waals surface area contributed by atoms with Gasteiger partial charge in [0.1, 0.15) is 0 Å². The molecule has 0 bridgehead atoms. The highest BCUT2D eigenvalue weighted by Gasteiger charge is 2.35. The number of aryl methyl sites for hydroxylation is 1. The summed E-state index contributed by atoms with van der Waals surface area (Å²) in [5.74, 6) is 0.0601. The molecule has 4 nitrogen and oxygen atoms in total. The molecule has 1 N–H and O–H groups in total. The van der Waals surface area contributed by atoms with E-state index in [9.17, 15) is 9.59 Å². The number of para-hydroxylation sites is 1. The largest absolute Gasteiger partial charge is 0.326 e. The number of carbonyl (C=O) groups excluding carboxylic acids is 2. The number of rotatable bonds is 5. The molecule has 1 aliphatic rings. The molecule has 1 heterocycles. The Labute approximate surface area is 155 Å². The lowest BCUT2D eigenvalue weighted by atomic mass is 10.0. The van der Waals surface area contributed by atoms with Crippen LogP contribution in [0.15, 0.2) is 48.5 Å². The molecule has 1 atom stereocenters. The van der Waals surface area contributed by atoms with Crippen LogP contribution in [0.5, 0.6) is 0 Å². The van der Waals surface area contributed by atoms with Crippen molar-refractivity contribution in [3.05, 3.63) is 59.7 Å². The first-order chi connectivity index (χ1) is 12.5. The number of amides is 2. The fraction of sp³-hybridized carbons (Fsp3) is 0.364. The fourth-order valence-electron chi connectivity index (χ4n) is 3.38. The Kier molecular flexibility index (Phi) is 5.40. The molecule has 1 fully saturated rings. The summed E-state index contributed by atoms with van der Waals surface area (Å²) < 4.78 is 0. The highest BCUT2D eigenvalue weighted by atomic mass is 16.2. The topological polar surface area (TPSA) is 49.4 Å². The molecule has 1 aliphatic heterocycles. The van der Waals surface area contributed by atoms with Crippen molar-refractivity contribution in [1.82, 2.24) is 0 Å². The summed E-state index contributed by atoms with van der Waals surface area (Å²) >= 11 is 0. The molecule has 2 aromatic rings. The van der Waals surface area contributed by atoms with Gasteiger partial charge < -0.3 is 10.2 Å². The number of nitrogens with zero attached hydrogens (tertiary/aromatic N) is 1. The molecule has 136 valence electrons. The zero-order chi connectivity index (χ0) is 18.7. The van der Waals surface area contributed by atoms with Gasteiger partial charge in [-0.05, 0) is 41.7 Å². The Morgan fingerprint density at radius 2 is 1.85 bits per heavy atom. The van der Waals surface area contributed by atoms with Crippen LogP contribution in [0.1, 0.15) is 44.2 Å². The predicted molar refractivity (Wildman–Crippen MR) is 105 cm³/mol. The zero-order valence-corrected chi connectivity index (χ0v) is 15.7. The SMILES string of the molecule is CCc1ccccc1N1CC(C(=O)Nc2ccc(C(C)C)cc2)CC1=O. The van der Waals surface area contributed by atoms with Crippen molar-refractivity contribution < 1.29 is 9.59 Å². The first-order valence-electron chi connectivity index (χ1n) is 9.28. The van der Waals surface area contributed by atoms with Crippen LogP contribution in [-0.2, 0) is 16.0 Å². The lowest BCUT2D eigenvalue weighted by molar-refractivity contribution is -0.122. The summed E-state index contributed by atoms with van der Waals surface area (Å²) in [6.07, 6.45) is 1.12. The zero-order valence-electron chi connectivity index (χ0n) is 15.7. The molecule has 1 unspecified atom stereocenters. The molecular weight excluding hydrogens is 324 g/mol. The third-order valence-electron chi connectivity index (χ3n) is 5.00. The molecule has 0 radical (unpaired) electrons. The molecule has 4 heteroatoms. The van der Waals surface area contributed by atoms with Gasteiger partial charge in [-0.15, -0.1) is 0 Å². The van der Waals surface area contributed by atoms with Crippen LogP contribution in [-0.4, -0.2) is 18.4 Å². The second-order valence-corrected chi connectivity index (χ2v) is 7.15. The molecule has 0 aliphatic carbocycles. The van der Waals surface area contributed by atoms with E-state index in [-0.39, 0.29) is 24.2 Å². The van der Waals surface area contributed by atoms with Crippen molar-refractivity contribution in [2.45, 2.75) is 39.5 Å². The van der Waals surface area contributed by atoms with Gasteiger partial charge in [-0.1, -0.05) is 51.1 Å². The smallest absolute Gasteiger partial charge is 0.229 e. The van der Waals surface area contributed by atoms with Crippen molar-refractivity contribution >= 4 is 23.2 Å². The van der Waals surface area contributed by atoms with Crippen LogP contribution < -0.4 is 10.2 Å². The van der Waals surface area contributed by atoms with E-state index in [0.29, 0.717) is 12.5 Å². The first kappa shape index (κ1) is 18.2. The van der Waals surface area contributed by atoms with E-state index >= 15 is 0 Å². The van der Waals surface area contributed by atoms with Gasteiger partial charge in [0.05, 0.1) is 5.92 Å². The summed E-state index contributed by atoms with van der Waals surface area (Å²) in [5.41, 5.74) is 4.07. The second-order valence-electron chi connectivity index (χ2n) is 7.15.